The minimum absolute atomic E-state index is 0.457. The topological polar surface area (TPSA) is 20.2 Å². The standard InChI is InChI=1S/C36H56O/c1-25-11-21-35-30(23-25)7-3-9-33(35)28-16-12-26(13-17-28)5-2-6-27-14-18-29(19-15-27)34-10-4-8-31-24-32(37)20-22-36(31)34/h20,22,24-30,33-35,37H,2-19,21,23H2,1H3. The number of benzene rings is 1. The zero-order chi connectivity index (χ0) is 25.2. The number of phenolic OH excluding ortho intramolecular Hbond substituents is 1. The normalized spacial score (nSPS) is 40.5. The van der Waals surface area contributed by atoms with Crippen LogP contribution in [0.1, 0.15) is 146 Å². The second-order valence-electron chi connectivity index (χ2n) is 14.8. The van der Waals surface area contributed by atoms with E-state index < -0.39 is 0 Å². The first kappa shape index (κ1) is 26.3. The molecule has 1 aromatic carbocycles. The summed E-state index contributed by atoms with van der Waals surface area (Å²) in [5, 5.41) is 9.92. The number of hydrogen-bond donors (Lipinski definition) is 1. The van der Waals surface area contributed by atoms with Crippen molar-refractivity contribution in [3.8, 4) is 5.75 Å². The van der Waals surface area contributed by atoms with Crippen LogP contribution in [0.4, 0.5) is 0 Å². The molecule has 0 bridgehead atoms. The Morgan fingerprint density at radius 1 is 0.676 bits per heavy atom. The molecule has 5 aliphatic carbocycles. The second kappa shape index (κ2) is 12.0. The molecule has 0 spiro atoms. The minimum Gasteiger partial charge on any atom is -0.508 e. The molecule has 206 valence electrons. The van der Waals surface area contributed by atoms with Gasteiger partial charge in [-0.2, -0.15) is 0 Å². The van der Waals surface area contributed by atoms with Crippen LogP contribution >= 0.6 is 0 Å². The molecule has 0 aromatic heterocycles. The lowest BCUT2D eigenvalue weighted by molar-refractivity contribution is 0.0287. The lowest BCUT2D eigenvalue weighted by atomic mass is 9.58. The van der Waals surface area contributed by atoms with E-state index in [9.17, 15) is 5.11 Å². The van der Waals surface area contributed by atoms with Gasteiger partial charge in [0.1, 0.15) is 5.75 Å². The van der Waals surface area contributed by atoms with Crippen molar-refractivity contribution in [3.05, 3.63) is 29.3 Å². The largest absolute Gasteiger partial charge is 0.508 e. The van der Waals surface area contributed by atoms with Crippen LogP contribution in [-0.4, -0.2) is 5.11 Å². The van der Waals surface area contributed by atoms with Crippen molar-refractivity contribution in [2.45, 2.75) is 141 Å². The molecule has 5 unspecified atom stereocenters. The average Bonchev–Trinajstić information content (AvgIpc) is 2.93. The molecule has 0 aliphatic heterocycles. The van der Waals surface area contributed by atoms with Crippen LogP contribution in [0, 0.1) is 47.3 Å². The Morgan fingerprint density at radius 3 is 2.14 bits per heavy atom. The van der Waals surface area contributed by atoms with E-state index in [0.717, 1.165) is 53.3 Å². The third-order valence-corrected chi connectivity index (χ3v) is 12.6. The van der Waals surface area contributed by atoms with Gasteiger partial charge in [-0.25, -0.2) is 0 Å². The molecule has 1 aromatic rings. The van der Waals surface area contributed by atoms with Gasteiger partial charge in [0.15, 0.2) is 0 Å². The maximum absolute atomic E-state index is 9.92. The quantitative estimate of drug-likeness (QED) is 0.408. The zero-order valence-corrected chi connectivity index (χ0v) is 24.0. The fourth-order valence-corrected chi connectivity index (χ4v) is 10.6. The Balaban J connectivity index is 0.902. The van der Waals surface area contributed by atoms with Crippen molar-refractivity contribution in [2.24, 2.45) is 47.3 Å². The molecule has 0 saturated heterocycles. The highest BCUT2D eigenvalue weighted by Gasteiger charge is 2.41. The molecule has 4 saturated carbocycles. The molecule has 1 heteroatoms. The first-order chi connectivity index (χ1) is 18.1. The molecular weight excluding hydrogens is 448 g/mol. The van der Waals surface area contributed by atoms with Gasteiger partial charge in [-0.05, 0) is 141 Å². The lowest BCUT2D eigenvalue weighted by Crippen LogP contribution is -2.38. The SMILES string of the molecule is CC1CCC2C(CCCC2C2CCC(CCCC3CCC(C4CCCc5cc(O)ccc54)CC3)CC2)C1. The van der Waals surface area contributed by atoms with E-state index in [4.69, 9.17) is 0 Å². The molecule has 6 rings (SSSR count). The van der Waals surface area contributed by atoms with E-state index in [1.807, 2.05) is 12.1 Å². The van der Waals surface area contributed by atoms with Gasteiger partial charge in [-0.1, -0.05) is 77.2 Å². The molecule has 1 nitrogen and oxygen atoms in total. The summed E-state index contributed by atoms with van der Waals surface area (Å²) in [4.78, 5) is 0. The molecule has 0 radical (unpaired) electrons. The van der Waals surface area contributed by atoms with E-state index in [1.165, 1.54) is 82.6 Å². The summed E-state index contributed by atoms with van der Waals surface area (Å²) in [5.74, 6) is 9.55. The van der Waals surface area contributed by atoms with E-state index in [2.05, 4.69) is 13.0 Å². The Hall–Kier alpha value is -0.980. The van der Waals surface area contributed by atoms with Crippen molar-refractivity contribution < 1.29 is 5.11 Å². The number of aryl methyl sites for hydroxylation is 1. The van der Waals surface area contributed by atoms with Gasteiger partial charge >= 0.3 is 0 Å². The fourth-order valence-electron chi connectivity index (χ4n) is 10.6. The second-order valence-corrected chi connectivity index (χ2v) is 14.8. The Labute approximate surface area is 228 Å². The highest BCUT2D eigenvalue weighted by Crippen LogP contribution is 2.51. The van der Waals surface area contributed by atoms with Crippen LogP contribution in [0.5, 0.6) is 5.75 Å². The predicted molar refractivity (Wildman–Crippen MR) is 156 cm³/mol. The van der Waals surface area contributed by atoms with Crippen LogP contribution in [0.2, 0.25) is 0 Å². The number of rotatable bonds is 6. The highest BCUT2D eigenvalue weighted by molar-refractivity contribution is 5.39. The van der Waals surface area contributed by atoms with E-state index in [0.29, 0.717) is 5.75 Å². The zero-order valence-electron chi connectivity index (χ0n) is 24.0. The first-order valence-electron chi connectivity index (χ1n) is 17.0. The summed E-state index contributed by atoms with van der Waals surface area (Å²) >= 11 is 0. The van der Waals surface area contributed by atoms with Crippen LogP contribution in [0.3, 0.4) is 0 Å². The maximum Gasteiger partial charge on any atom is 0.115 e. The summed E-state index contributed by atoms with van der Waals surface area (Å²) in [6.45, 7) is 2.51. The average molecular weight is 505 g/mol. The maximum atomic E-state index is 9.92. The van der Waals surface area contributed by atoms with Crippen LogP contribution in [0.15, 0.2) is 18.2 Å². The summed E-state index contributed by atoms with van der Waals surface area (Å²) < 4.78 is 0. The van der Waals surface area contributed by atoms with Crippen molar-refractivity contribution in [2.75, 3.05) is 0 Å². The Bertz CT molecular complexity index is 857. The molecule has 4 fully saturated rings. The minimum atomic E-state index is 0.457. The fraction of sp³-hybridized carbons (Fsp3) is 0.833. The van der Waals surface area contributed by atoms with Crippen LogP contribution < -0.4 is 0 Å². The van der Waals surface area contributed by atoms with Gasteiger partial charge in [0.05, 0.1) is 0 Å². The van der Waals surface area contributed by atoms with Crippen molar-refractivity contribution >= 4 is 0 Å². The molecule has 0 heterocycles. The summed E-state index contributed by atoms with van der Waals surface area (Å²) in [6, 6.07) is 6.22. The van der Waals surface area contributed by atoms with Gasteiger partial charge in [0, 0.05) is 0 Å². The number of hydrogen-bond acceptors (Lipinski definition) is 1. The number of aromatic hydroxyl groups is 1. The Morgan fingerprint density at radius 2 is 1.38 bits per heavy atom. The highest BCUT2D eigenvalue weighted by atomic mass is 16.3. The monoisotopic (exact) mass is 504 g/mol. The molecular formula is C36H56O. The predicted octanol–water partition coefficient (Wildman–Crippen LogP) is 10.4. The Kier molecular flexibility index (Phi) is 8.54. The van der Waals surface area contributed by atoms with Gasteiger partial charge < -0.3 is 5.11 Å². The number of phenols is 1. The molecule has 5 aliphatic rings. The van der Waals surface area contributed by atoms with Gasteiger partial charge in [-0.3, -0.25) is 0 Å². The van der Waals surface area contributed by atoms with Gasteiger partial charge in [0.25, 0.3) is 0 Å². The summed E-state index contributed by atoms with van der Waals surface area (Å²) in [7, 11) is 0. The van der Waals surface area contributed by atoms with Gasteiger partial charge in [0.2, 0.25) is 0 Å². The third kappa shape index (κ3) is 6.11. The van der Waals surface area contributed by atoms with Crippen molar-refractivity contribution in [1.82, 2.24) is 0 Å². The van der Waals surface area contributed by atoms with Crippen molar-refractivity contribution in [1.29, 1.82) is 0 Å². The van der Waals surface area contributed by atoms with E-state index >= 15 is 0 Å². The van der Waals surface area contributed by atoms with Crippen molar-refractivity contribution in [3.63, 3.8) is 0 Å². The van der Waals surface area contributed by atoms with Crippen LogP contribution in [-0.2, 0) is 6.42 Å². The summed E-state index contributed by atoms with van der Waals surface area (Å²) in [5.41, 5.74) is 3.01. The number of fused-ring (bicyclic) bond motifs is 2. The smallest absolute Gasteiger partial charge is 0.115 e. The lowest BCUT2D eigenvalue weighted by Gasteiger charge is -2.47. The van der Waals surface area contributed by atoms with Crippen LogP contribution in [0.25, 0.3) is 0 Å². The third-order valence-electron chi connectivity index (χ3n) is 12.6. The molecule has 0 amide bonds. The summed E-state index contributed by atoms with van der Waals surface area (Å²) in [6.07, 6.45) is 29.8. The molecule has 37 heavy (non-hydrogen) atoms. The van der Waals surface area contributed by atoms with Gasteiger partial charge in [-0.15, -0.1) is 0 Å². The van der Waals surface area contributed by atoms with E-state index in [1.54, 1.807) is 56.9 Å². The molecule has 1 N–H and O–H groups in total. The molecule has 5 atom stereocenters. The van der Waals surface area contributed by atoms with E-state index in [-0.39, 0.29) is 0 Å². The first-order valence-corrected chi connectivity index (χ1v) is 17.0.